The van der Waals surface area contributed by atoms with Crippen molar-refractivity contribution in [3.05, 3.63) is 0 Å². The molecule has 1 atom stereocenters. The second kappa shape index (κ2) is 7.25. The van der Waals surface area contributed by atoms with Crippen LogP contribution in [0.1, 0.15) is 39.5 Å². The van der Waals surface area contributed by atoms with Crippen molar-refractivity contribution < 1.29 is 9.84 Å². The van der Waals surface area contributed by atoms with Crippen LogP contribution in [0.4, 0.5) is 0 Å². The zero-order valence-corrected chi connectivity index (χ0v) is 10.9. The SMILES string of the molecule is COCC(CO)NC1CCC(C(C)C)CC1. The topological polar surface area (TPSA) is 41.5 Å². The van der Waals surface area contributed by atoms with Crippen molar-refractivity contribution in [3.8, 4) is 0 Å². The molecule has 1 saturated carbocycles. The first-order chi connectivity index (χ1) is 7.67. The third kappa shape index (κ3) is 4.40. The van der Waals surface area contributed by atoms with Crippen LogP contribution < -0.4 is 5.32 Å². The Kier molecular flexibility index (Phi) is 6.32. The number of nitrogens with one attached hydrogen (secondary N) is 1. The van der Waals surface area contributed by atoms with Gasteiger partial charge >= 0.3 is 0 Å². The summed E-state index contributed by atoms with van der Waals surface area (Å²) in [6.45, 7) is 5.40. The number of hydrogen-bond donors (Lipinski definition) is 2. The molecule has 96 valence electrons. The molecule has 0 aliphatic heterocycles. The van der Waals surface area contributed by atoms with Gasteiger partial charge < -0.3 is 15.2 Å². The minimum atomic E-state index is 0.102. The quantitative estimate of drug-likeness (QED) is 0.730. The van der Waals surface area contributed by atoms with Crippen LogP contribution >= 0.6 is 0 Å². The minimum absolute atomic E-state index is 0.102. The lowest BCUT2D eigenvalue weighted by Crippen LogP contribution is -2.45. The molecule has 0 saturated heterocycles. The summed E-state index contributed by atoms with van der Waals surface area (Å²) in [4.78, 5) is 0. The van der Waals surface area contributed by atoms with E-state index in [9.17, 15) is 5.11 Å². The van der Waals surface area contributed by atoms with Gasteiger partial charge in [0.05, 0.1) is 19.3 Å². The van der Waals surface area contributed by atoms with Crippen molar-refractivity contribution in [2.24, 2.45) is 11.8 Å². The highest BCUT2D eigenvalue weighted by Crippen LogP contribution is 2.29. The highest BCUT2D eigenvalue weighted by molar-refractivity contribution is 4.81. The summed E-state index contributed by atoms with van der Waals surface area (Å²) in [5, 5.41) is 12.7. The third-order valence-corrected chi connectivity index (χ3v) is 3.77. The highest BCUT2D eigenvalue weighted by atomic mass is 16.5. The molecule has 16 heavy (non-hydrogen) atoms. The molecule has 0 aromatic heterocycles. The average molecular weight is 229 g/mol. The smallest absolute Gasteiger partial charge is 0.0638 e. The Hall–Kier alpha value is -0.120. The maximum absolute atomic E-state index is 9.19. The Labute approximate surface area is 99.6 Å². The van der Waals surface area contributed by atoms with Crippen molar-refractivity contribution >= 4 is 0 Å². The van der Waals surface area contributed by atoms with Gasteiger partial charge in [-0.25, -0.2) is 0 Å². The lowest BCUT2D eigenvalue weighted by Gasteiger charge is -2.33. The van der Waals surface area contributed by atoms with E-state index in [2.05, 4.69) is 19.2 Å². The monoisotopic (exact) mass is 229 g/mol. The maximum atomic E-state index is 9.19. The molecule has 1 fully saturated rings. The van der Waals surface area contributed by atoms with Crippen molar-refractivity contribution in [2.75, 3.05) is 20.3 Å². The highest BCUT2D eigenvalue weighted by Gasteiger charge is 2.24. The van der Waals surface area contributed by atoms with Crippen LogP contribution in [0.5, 0.6) is 0 Å². The summed E-state index contributed by atoms with van der Waals surface area (Å²) in [7, 11) is 1.68. The average Bonchev–Trinajstić information content (AvgIpc) is 2.29. The Morgan fingerprint density at radius 2 is 1.88 bits per heavy atom. The Balaban J connectivity index is 2.25. The lowest BCUT2D eigenvalue weighted by atomic mass is 9.79. The van der Waals surface area contributed by atoms with Gasteiger partial charge in [0, 0.05) is 13.2 Å². The first kappa shape index (κ1) is 13.9. The number of methoxy groups -OCH3 is 1. The molecular formula is C13H27NO2. The fourth-order valence-corrected chi connectivity index (χ4v) is 2.64. The summed E-state index contributed by atoms with van der Waals surface area (Å²) < 4.78 is 5.07. The first-order valence-corrected chi connectivity index (χ1v) is 6.53. The van der Waals surface area contributed by atoms with E-state index in [1.807, 2.05) is 0 Å². The number of ether oxygens (including phenoxy) is 1. The van der Waals surface area contributed by atoms with Crippen LogP contribution in [0.3, 0.4) is 0 Å². The molecule has 0 aromatic carbocycles. The Morgan fingerprint density at radius 3 is 2.31 bits per heavy atom. The molecule has 0 spiro atoms. The zero-order chi connectivity index (χ0) is 12.0. The summed E-state index contributed by atoms with van der Waals surface area (Å²) in [5.41, 5.74) is 0. The summed E-state index contributed by atoms with van der Waals surface area (Å²) >= 11 is 0. The summed E-state index contributed by atoms with van der Waals surface area (Å²) in [6, 6.07) is 0.674. The van der Waals surface area contributed by atoms with E-state index < -0.39 is 0 Å². The van der Waals surface area contributed by atoms with E-state index in [1.165, 1.54) is 25.7 Å². The van der Waals surface area contributed by atoms with Gasteiger partial charge in [0.25, 0.3) is 0 Å². The van der Waals surface area contributed by atoms with Crippen molar-refractivity contribution in [2.45, 2.75) is 51.6 Å². The van der Waals surface area contributed by atoms with Crippen LogP contribution in [-0.4, -0.2) is 37.5 Å². The van der Waals surface area contributed by atoms with Crippen LogP contribution in [0.2, 0.25) is 0 Å². The second-order valence-electron chi connectivity index (χ2n) is 5.36. The number of aliphatic hydroxyl groups excluding tert-OH is 1. The summed E-state index contributed by atoms with van der Waals surface area (Å²) in [5.74, 6) is 1.71. The van der Waals surface area contributed by atoms with Crippen molar-refractivity contribution in [1.82, 2.24) is 5.32 Å². The Bertz CT molecular complexity index is 177. The largest absolute Gasteiger partial charge is 0.395 e. The molecule has 0 aromatic rings. The van der Waals surface area contributed by atoms with E-state index in [4.69, 9.17) is 4.74 Å². The van der Waals surface area contributed by atoms with Crippen molar-refractivity contribution in [1.29, 1.82) is 0 Å². The van der Waals surface area contributed by atoms with Gasteiger partial charge in [-0.05, 0) is 37.5 Å². The second-order valence-corrected chi connectivity index (χ2v) is 5.36. The van der Waals surface area contributed by atoms with Gasteiger partial charge in [0.15, 0.2) is 0 Å². The van der Waals surface area contributed by atoms with E-state index in [1.54, 1.807) is 7.11 Å². The van der Waals surface area contributed by atoms with Crippen LogP contribution in [0.25, 0.3) is 0 Å². The number of hydrogen-bond acceptors (Lipinski definition) is 3. The van der Waals surface area contributed by atoms with Gasteiger partial charge in [0.2, 0.25) is 0 Å². The minimum Gasteiger partial charge on any atom is -0.395 e. The van der Waals surface area contributed by atoms with E-state index in [0.29, 0.717) is 12.6 Å². The van der Waals surface area contributed by atoms with Crippen LogP contribution in [0, 0.1) is 11.8 Å². The fourth-order valence-electron chi connectivity index (χ4n) is 2.64. The molecular weight excluding hydrogens is 202 g/mol. The summed E-state index contributed by atoms with van der Waals surface area (Å²) in [6.07, 6.45) is 5.12. The van der Waals surface area contributed by atoms with E-state index in [-0.39, 0.29) is 12.6 Å². The molecule has 3 nitrogen and oxygen atoms in total. The van der Waals surface area contributed by atoms with Gasteiger partial charge in [-0.15, -0.1) is 0 Å². The molecule has 0 heterocycles. The Morgan fingerprint density at radius 1 is 1.25 bits per heavy atom. The maximum Gasteiger partial charge on any atom is 0.0638 e. The van der Waals surface area contributed by atoms with E-state index >= 15 is 0 Å². The van der Waals surface area contributed by atoms with Crippen LogP contribution in [-0.2, 0) is 4.74 Å². The molecule has 3 heteroatoms. The molecule has 0 amide bonds. The third-order valence-electron chi connectivity index (χ3n) is 3.77. The van der Waals surface area contributed by atoms with E-state index in [0.717, 1.165) is 11.8 Å². The molecule has 1 unspecified atom stereocenters. The lowest BCUT2D eigenvalue weighted by molar-refractivity contribution is 0.113. The predicted molar refractivity (Wildman–Crippen MR) is 66.5 cm³/mol. The number of aliphatic hydroxyl groups is 1. The van der Waals surface area contributed by atoms with Crippen molar-refractivity contribution in [3.63, 3.8) is 0 Å². The molecule has 0 radical (unpaired) electrons. The first-order valence-electron chi connectivity index (χ1n) is 6.53. The van der Waals surface area contributed by atoms with Gasteiger partial charge in [-0.1, -0.05) is 13.8 Å². The normalized spacial score (nSPS) is 28.3. The van der Waals surface area contributed by atoms with Gasteiger partial charge in [-0.2, -0.15) is 0 Å². The predicted octanol–water partition coefficient (Wildman–Crippen LogP) is 1.80. The molecule has 1 rings (SSSR count). The zero-order valence-electron chi connectivity index (χ0n) is 10.9. The molecule has 2 N–H and O–H groups in total. The van der Waals surface area contributed by atoms with Crippen LogP contribution in [0.15, 0.2) is 0 Å². The molecule has 1 aliphatic carbocycles. The molecule has 0 bridgehead atoms. The standard InChI is InChI=1S/C13H27NO2/c1-10(2)11-4-6-12(7-5-11)14-13(8-15)9-16-3/h10-15H,4-9H2,1-3H3. The fraction of sp³-hybridized carbons (Fsp3) is 1.00. The number of rotatable bonds is 6. The molecule has 1 aliphatic rings. The van der Waals surface area contributed by atoms with Gasteiger partial charge in [-0.3, -0.25) is 0 Å². The van der Waals surface area contributed by atoms with Gasteiger partial charge in [0.1, 0.15) is 0 Å².